The van der Waals surface area contributed by atoms with Crippen molar-refractivity contribution >= 4 is 22.1 Å². The van der Waals surface area contributed by atoms with Gasteiger partial charge in [0.15, 0.2) is 0 Å². The predicted octanol–water partition coefficient (Wildman–Crippen LogP) is 18.0. The summed E-state index contributed by atoms with van der Waals surface area (Å²) in [6.07, 6.45) is 59.6. The molecule has 0 saturated heterocycles. The van der Waals surface area contributed by atoms with Crippen LogP contribution in [0.15, 0.2) is 47.4 Å². The summed E-state index contributed by atoms with van der Waals surface area (Å²) >= 11 is 0. The number of carbonyl (C=O) groups is 2. The first-order valence-corrected chi connectivity index (χ1v) is 28.5. The topological polar surface area (TPSA) is 107 Å². The van der Waals surface area contributed by atoms with Gasteiger partial charge in [0.25, 0.3) is 10.1 Å². The minimum absolute atomic E-state index is 0.0585. The molecule has 0 saturated carbocycles. The van der Waals surface area contributed by atoms with Gasteiger partial charge in [0.2, 0.25) is 0 Å². The molecular weight excluding hydrogens is 817 g/mol. The number of rotatable bonds is 47. The number of ether oxygens (including phenoxy) is 2. The molecule has 370 valence electrons. The lowest BCUT2D eigenvalue weighted by Gasteiger charge is -2.11. The van der Waals surface area contributed by atoms with E-state index in [0.717, 1.165) is 57.1 Å². The fourth-order valence-corrected chi connectivity index (χ4v) is 8.84. The molecule has 0 aliphatic carbocycles. The van der Waals surface area contributed by atoms with E-state index in [-0.39, 0.29) is 24.3 Å². The van der Waals surface area contributed by atoms with Crippen LogP contribution in [0.1, 0.15) is 291 Å². The lowest BCUT2D eigenvalue weighted by atomic mass is 10.1. The third-order valence-corrected chi connectivity index (χ3v) is 13.4. The lowest BCUT2D eigenvalue weighted by Crippen LogP contribution is -2.16. The standard InChI is InChI=1S/C56H98O7S/c1-3-5-7-9-11-13-15-17-19-21-23-25-27-29-31-33-35-37-39-41-43-45-49-62-55(57)53-48-47-52(64(59,60)61)51-54(53)56(58)63-50-46-44-42-40-38-36-34-32-30-28-26-24-22-20-18-16-14-12-10-8-6-4-2/h23-26,47-48,51H,3-22,27-46,49-50H2,1-2H3,(H,59,60,61)/b25-23+,26-24+. The molecule has 0 spiro atoms. The second kappa shape index (κ2) is 44.4. The Balaban J connectivity index is 2.11. The van der Waals surface area contributed by atoms with Gasteiger partial charge in [-0.3, -0.25) is 4.55 Å². The first-order valence-electron chi connectivity index (χ1n) is 27.1. The highest BCUT2D eigenvalue weighted by atomic mass is 32.2. The molecule has 0 unspecified atom stereocenters. The first-order chi connectivity index (χ1) is 31.3. The minimum Gasteiger partial charge on any atom is -0.462 e. The average Bonchev–Trinajstić information content (AvgIpc) is 3.28. The van der Waals surface area contributed by atoms with Gasteiger partial charge in [-0.05, 0) is 82.4 Å². The molecule has 0 aliphatic rings. The van der Waals surface area contributed by atoms with Gasteiger partial charge in [0.05, 0.1) is 29.2 Å². The van der Waals surface area contributed by atoms with Crippen molar-refractivity contribution in [3.63, 3.8) is 0 Å². The second-order valence-electron chi connectivity index (χ2n) is 18.6. The van der Waals surface area contributed by atoms with Crippen molar-refractivity contribution < 1.29 is 32.0 Å². The number of allylic oxidation sites excluding steroid dienone is 4. The number of esters is 2. The smallest absolute Gasteiger partial charge is 0.339 e. The monoisotopic (exact) mass is 915 g/mol. The molecule has 1 aromatic carbocycles. The van der Waals surface area contributed by atoms with Crippen molar-refractivity contribution in [2.45, 2.75) is 276 Å². The Morgan fingerprint density at radius 2 is 0.672 bits per heavy atom. The van der Waals surface area contributed by atoms with Crippen molar-refractivity contribution in [3.05, 3.63) is 53.6 Å². The zero-order valence-corrected chi connectivity index (χ0v) is 42.4. The van der Waals surface area contributed by atoms with E-state index in [4.69, 9.17) is 9.47 Å². The molecule has 0 amide bonds. The summed E-state index contributed by atoms with van der Waals surface area (Å²) in [7, 11) is -4.57. The van der Waals surface area contributed by atoms with Gasteiger partial charge in [-0.2, -0.15) is 8.42 Å². The van der Waals surface area contributed by atoms with Crippen LogP contribution in [0.3, 0.4) is 0 Å². The lowest BCUT2D eigenvalue weighted by molar-refractivity contribution is 0.0450. The van der Waals surface area contributed by atoms with E-state index >= 15 is 0 Å². The third-order valence-electron chi connectivity index (χ3n) is 12.5. The maximum atomic E-state index is 13.0. The minimum atomic E-state index is -4.57. The molecule has 7 nitrogen and oxygen atoms in total. The fraction of sp³-hybridized carbons (Fsp3) is 0.786. The Labute approximate surface area is 394 Å². The van der Waals surface area contributed by atoms with E-state index in [1.165, 1.54) is 212 Å². The summed E-state index contributed by atoms with van der Waals surface area (Å²) in [5.74, 6) is -1.50. The molecule has 0 aromatic heterocycles. The van der Waals surface area contributed by atoms with E-state index in [9.17, 15) is 22.6 Å². The van der Waals surface area contributed by atoms with Crippen LogP contribution >= 0.6 is 0 Å². The highest BCUT2D eigenvalue weighted by Gasteiger charge is 2.23. The molecule has 0 heterocycles. The Kier molecular flexibility index (Phi) is 41.3. The van der Waals surface area contributed by atoms with Gasteiger partial charge in [0, 0.05) is 0 Å². The van der Waals surface area contributed by atoms with Crippen molar-refractivity contribution in [1.29, 1.82) is 0 Å². The third kappa shape index (κ3) is 36.7. The van der Waals surface area contributed by atoms with Gasteiger partial charge >= 0.3 is 11.9 Å². The van der Waals surface area contributed by atoms with Crippen LogP contribution in [-0.2, 0) is 19.6 Å². The van der Waals surface area contributed by atoms with Gasteiger partial charge in [0.1, 0.15) is 0 Å². The molecule has 8 heteroatoms. The van der Waals surface area contributed by atoms with E-state index < -0.39 is 27.0 Å². The number of hydrogen-bond donors (Lipinski definition) is 1. The fourth-order valence-electron chi connectivity index (χ4n) is 8.34. The van der Waals surface area contributed by atoms with Crippen LogP contribution in [0, 0.1) is 0 Å². The molecule has 0 atom stereocenters. The van der Waals surface area contributed by atoms with Gasteiger partial charge in [-0.15, -0.1) is 0 Å². The van der Waals surface area contributed by atoms with Crippen LogP contribution in [0.25, 0.3) is 0 Å². The van der Waals surface area contributed by atoms with Crippen LogP contribution in [-0.4, -0.2) is 38.1 Å². The molecule has 0 fully saturated rings. The van der Waals surface area contributed by atoms with Crippen LogP contribution < -0.4 is 0 Å². The van der Waals surface area contributed by atoms with Gasteiger partial charge in [-0.1, -0.05) is 231 Å². The van der Waals surface area contributed by atoms with Crippen molar-refractivity contribution in [2.75, 3.05) is 13.2 Å². The first kappa shape index (κ1) is 59.6. The highest BCUT2D eigenvalue weighted by molar-refractivity contribution is 7.85. The maximum absolute atomic E-state index is 13.0. The summed E-state index contributed by atoms with van der Waals surface area (Å²) in [6.45, 7) is 4.94. The normalized spacial score (nSPS) is 11.9. The zero-order valence-electron chi connectivity index (χ0n) is 41.5. The number of unbranched alkanes of at least 4 members (excludes halogenated alkanes) is 36. The number of hydrogen-bond acceptors (Lipinski definition) is 6. The molecular formula is C56H98O7S. The molecule has 0 bridgehead atoms. The largest absolute Gasteiger partial charge is 0.462 e. The maximum Gasteiger partial charge on any atom is 0.339 e. The summed E-state index contributed by atoms with van der Waals surface area (Å²) in [5.41, 5.74) is -0.267. The Hall–Kier alpha value is -2.45. The molecule has 0 aliphatic heterocycles. The Bertz CT molecular complexity index is 1400. The van der Waals surface area contributed by atoms with E-state index in [1.54, 1.807) is 0 Å². The van der Waals surface area contributed by atoms with E-state index in [0.29, 0.717) is 6.42 Å². The Morgan fingerprint density at radius 1 is 0.406 bits per heavy atom. The van der Waals surface area contributed by atoms with Crippen LogP contribution in [0.4, 0.5) is 0 Å². The van der Waals surface area contributed by atoms with E-state index in [2.05, 4.69) is 38.2 Å². The molecule has 1 N–H and O–H groups in total. The van der Waals surface area contributed by atoms with Crippen LogP contribution in [0.2, 0.25) is 0 Å². The summed E-state index contributed by atoms with van der Waals surface area (Å²) in [5, 5.41) is 0. The average molecular weight is 915 g/mol. The highest BCUT2D eigenvalue weighted by Crippen LogP contribution is 2.20. The number of carbonyl (C=O) groups excluding carboxylic acids is 2. The van der Waals surface area contributed by atoms with Gasteiger partial charge in [-0.25, -0.2) is 9.59 Å². The van der Waals surface area contributed by atoms with Crippen molar-refractivity contribution in [1.82, 2.24) is 0 Å². The molecule has 1 aromatic rings. The molecule has 1 rings (SSSR count). The summed E-state index contributed by atoms with van der Waals surface area (Å²) in [6, 6.07) is 3.32. The molecule has 0 radical (unpaired) electrons. The zero-order chi connectivity index (χ0) is 46.4. The quantitative estimate of drug-likeness (QED) is 0.0300. The SMILES string of the molecule is CCCCCCCCCCC/C=C/CCCCCCCCCCCOC(=O)c1ccc(S(=O)(=O)O)cc1C(=O)OCCCCCCCCCCC/C=C/CCCCCCCCCCC. The van der Waals surface area contributed by atoms with Crippen molar-refractivity contribution in [3.8, 4) is 0 Å². The predicted molar refractivity (Wildman–Crippen MR) is 271 cm³/mol. The van der Waals surface area contributed by atoms with Crippen molar-refractivity contribution in [2.24, 2.45) is 0 Å². The number of benzene rings is 1. The van der Waals surface area contributed by atoms with Crippen LogP contribution in [0.5, 0.6) is 0 Å². The molecule has 64 heavy (non-hydrogen) atoms. The Morgan fingerprint density at radius 3 is 0.969 bits per heavy atom. The summed E-state index contributed by atoms with van der Waals surface area (Å²) < 4.78 is 44.2. The van der Waals surface area contributed by atoms with Gasteiger partial charge < -0.3 is 9.47 Å². The summed E-state index contributed by atoms with van der Waals surface area (Å²) in [4.78, 5) is 25.5. The second-order valence-corrected chi connectivity index (χ2v) is 20.0. The van der Waals surface area contributed by atoms with E-state index in [1.807, 2.05) is 0 Å².